The van der Waals surface area contributed by atoms with E-state index >= 15 is 0 Å². The second kappa shape index (κ2) is 7.27. The number of carbonyl (C=O) groups is 2. The van der Waals surface area contributed by atoms with Gasteiger partial charge in [-0.15, -0.1) is 16.4 Å². The Kier molecular flexibility index (Phi) is 4.57. The lowest BCUT2D eigenvalue weighted by molar-refractivity contribution is -0.145. The van der Waals surface area contributed by atoms with Crippen molar-refractivity contribution >= 4 is 45.3 Å². The van der Waals surface area contributed by atoms with E-state index in [1.54, 1.807) is 18.7 Å². The smallest absolute Gasteiger partial charge is 0.315 e. The highest BCUT2D eigenvalue weighted by Gasteiger charge is 2.37. The number of ether oxygens (including phenoxy) is 1. The Morgan fingerprint density at radius 1 is 1.33 bits per heavy atom. The van der Waals surface area contributed by atoms with E-state index in [-0.39, 0.29) is 23.7 Å². The van der Waals surface area contributed by atoms with E-state index < -0.39 is 0 Å². The van der Waals surface area contributed by atoms with Crippen molar-refractivity contribution in [2.45, 2.75) is 25.7 Å². The molecule has 4 heterocycles. The second-order valence-electron chi connectivity index (χ2n) is 7.34. The summed E-state index contributed by atoms with van der Waals surface area (Å²) in [6, 6.07) is 0. The Balaban J connectivity index is 1.23. The van der Waals surface area contributed by atoms with Crippen molar-refractivity contribution in [2.24, 2.45) is 13.0 Å². The lowest BCUT2D eigenvalue weighted by Crippen LogP contribution is -2.52. The van der Waals surface area contributed by atoms with Crippen molar-refractivity contribution < 1.29 is 14.3 Å². The van der Waals surface area contributed by atoms with Gasteiger partial charge >= 0.3 is 5.97 Å². The average molecular weight is 428 g/mol. The van der Waals surface area contributed by atoms with E-state index in [2.05, 4.69) is 30.6 Å². The van der Waals surface area contributed by atoms with Gasteiger partial charge in [0.2, 0.25) is 5.91 Å². The lowest BCUT2D eigenvalue weighted by atomic mass is 9.99. The van der Waals surface area contributed by atoms with Crippen molar-refractivity contribution in [2.75, 3.05) is 29.9 Å². The van der Waals surface area contributed by atoms with Crippen LogP contribution in [0, 0.1) is 5.92 Å². The molecule has 1 saturated heterocycles. The number of aromatic nitrogens is 6. The molecule has 0 bridgehead atoms. The number of rotatable bonds is 5. The lowest BCUT2D eigenvalue weighted by Gasteiger charge is -2.38. The molecule has 1 fully saturated rings. The van der Waals surface area contributed by atoms with Crippen LogP contribution in [-0.4, -0.2) is 61.5 Å². The SMILES string of the molecule is CCOC(=O)[C@H]1CCc2sc(NC(=O)C3CN(c4ncnc5c4nnn5C)C3)nc21. The number of hydrogen-bond donors (Lipinski definition) is 1. The number of anilines is 2. The van der Waals surface area contributed by atoms with E-state index in [9.17, 15) is 9.59 Å². The molecule has 0 aromatic carbocycles. The van der Waals surface area contributed by atoms with Gasteiger partial charge < -0.3 is 15.0 Å². The van der Waals surface area contributed by atoms with Gasteiger partial charge in [0.25, 0.3) is 0 Å². The van der Waals surface area contributed by atoms with Crippen LogP contribution in [0.2, 0.25) is 0 Å². The van der Waals surface area contributed by atoms with Crippen molar-refractivity contribution in [3.8, 4) is 0 Å². The maximum Gasteiger partial charge on any atom is 0.315 e. The summed E-state index contributed by atoms with van der Waals surface area (Å²) in [5.74, 6) is -0.146. The van der Waals surface area contributed by atoms with E-state index in [0.717, 1.165) is 17.0 Å². The molecule has 12 heteroatoms. The predicted octanol–water partition coefficient (Wildman–Crippen LogP) is 0.883. The third-order valence-electron chi connectivity index (χ3n) is 5.44. The van der Waals surface area contributed by atoms with Crippen LogP contribution < -0.4 is 10.2 Å². The van der Waals surface area contributed by atoms with E-state index in [4.69, 9.17) is 4.74 Å². The molecule has 1 aliphatic carbocycles. The fourth-order valence-electron chi connectivity index (χ4n) is 3.85. The molecule has 0 spiro atoms. The van der Waals surface area contributed by atoms with Crippen LogP contribution in [0.25, 0.3) is 11.2 Å². The minimum Gasteiger partial charge on any atom is -0.465 e. The number of fused-ring (bicyclic) bond motifs is 2. The zero-order chi connectivity index (χ0) is 20.8. The number of amides is 1. The fraction of sp³-hybridized carbons (Fsp3) is 0.500. The number of nitrogens with one attached hydrogen (secondary N) is 1. The highest BCUT2D eigenvalue weighted by Crippen LogP contribution is 2.39. The minimum absolute atomic E-state index is 0.0872. The standard InChI is InChI=1S/C18H20N8O3S/c1-3-29-17(28)10-4-5-11-12(10)21-18(30-11)22-16(27)9-6-26(7-9)15-13-14(19-8-20-15)25(2)24-23-13/h8-10H,3-7H2,1-2H3,(H,21,22,27)/t10-/m0/s1. The van der Waals surface area contributed by atoms with Gasteiger partial charge in [0.15, 0.2) is 22.1 Å². The molecule has 2 aliphatic rings. The molecule has 1 amide bonds. The average Bonchev–Trinajstić information content (AvgIpc) is 3.35. The summed E-state index contributed by atoms with van der Waals surface area (Å²) < 4.78 is 6.73. The molecule has 30 heavy (non-hydrogen) atoms. The molecular weight excluding hydrogens is 408 g/mol. The van der Waals surface area contributed by atoms with E-state index in [1.165, 1.54) is 17.7 Å². The first-order chi connectivity index (χ1) is 14.5. The Morgan fingerprint density at radius 3 is 2.97 bits per heavy atom. The number of hydrogen-bond acceptors (Lipinski definition) is 10. The maximum absolute atomic E-state index is 12.7. The highest BCUT2D eigenvalue weighted by atomic mass is 32.1. The molecule has 0 unspecified atom stereocenters. The molecule has 0 saturated carbocycles. The third kappa shape index (κ3) is 3.07. The Labute approximate surface area is 175 Å². The molecule has 11 nitrogen and oxygen atoms in total. The second-order valence-corrected chi connectivity index (χ2v) is 8.43. The summed E-state index contributed by atoms with van der Waals surface area (Å²) in [7, 11) is 1.77. The molecule has 3 aromatic rings. The number of carbonyl (C=O) groups excluding carboxylic acids is 2. The Hall–Kier alpha value is -3.15. The van der Waals surface area contributed by atoms with Crippen LogP contribution in [-0.2, 0) is 27.8 Å². The van der Waals surface area contributed by atoms with Crippen LogP contribution in [0.5, 0.6) is 0 Å². The highest BCUT2D eigenvalue weighted by molar-refractivity contribution is 7.16. The number of thiazole rings is 1. The van der Waals surface area contributed by atoms with Crippen molar-refractivity contribution in [3.63, 3.8) is 0 Å². The summed E-state index contributed by atoms with van der Waals surface area (Å²) in [6.07, 6.45) is 2.98. The summed E-state index contributed by atoms with van der Waals surface area (Å²) >= 11 is 1.44. The molecule has 156 valence electrons. The zero-order valence-corrected chi connectivity index (χ0v) is 17.3. The molecule has 3 aromatic heterocycles. The first kappa shape index (κ1) is 18.9. The van der Waals surface area contributed by atoms with E-state index in [1.807, 2.05) is 4.90 Å². The summed E-state index contributed by atoms with van der Waals surface area (Å²) in [5.41, 5.74) is 2.02. The van der Waals surface area contributed by atoms with Gasteiger partial charge in [0, 0.05) is 25.0 Å². The van der Waals surface area contributed by atoms with Crippen LogP contribution in [0.15, 0.2) is 6.33 Å². The first-order valence-corrected chi connectivity index (χ1v) is 10.6. The van der Waals surface area contributed by atoms with Crippen molar-refractivity contribution in [1.82, 2.24) is 29.9 Å². The van der Waals surface area contributed by atoms with E-state index in [0.29, 0.717) is 48.2 Å². The number of esters is 1. The zero-order valence-electron chi connectivity index (χ0n) is 16.5. The van der Waals surface area contributed by atoms with Crippen LogP contribution in [0.3, 0.4) is 0 Å². The largest absolute Gasteiger partial charge is 0.465 e. The normalized spacial score (nSPS) is 18.3. The molecule has 1 atom stereocenters. The third-order valence-corrected chi connectivity index (χ3v) is 6.49. The van der Waals surface area contributed by atoms with Crippen molar-refractivity contribution in [1.29, 1.82) is 0 Å². The molecule has 1 aliphatic heterocycles. The van der Waals surface area contributed by atoms with Crippen molar-refractivity contribution in [3.05, 3.63) is 16.9 Å². The Morgan fingerprint density at radius 2 is 2.17 bits per heavy atom. The molecule has 1 N–H and O–H groups in total. The van der Waals surface area contributed by atoms with Gasteiger partial charge in [0.1, 0.15) is 12.2 Å². The quantitative estimate of drug-likeness (QED) is 0.589. The van der Waals surface area contributed by atoms with Gasteiger partial charge in [-0.05, 0) is 19.8 Å². The monoisotopic (exact) mass is 428 g/mol. The van der Waals surface area contributed by atoms with Crippen LogP contribution >= 0.6 is 11.3 Å². The first-order valence-electron chi connectivity index (χ1n) is 9.77. The fourth-order valence-corrected chi connectivity index (χ4v) is 4.89. The van der Waals surface area contributed by atoms with Gasteiger partial charge in [-0.3, -0.25) is 9.59 Å². The van der Waals surface area contributed by atoms with Gasteiger partial charge in [-0.25, -0.2) is 19.6 Å². The molecule has 0 radical (unpaired) electrons. The van der Waals surface area contributed by atoms with Gasteiger partial charge in [-0.1, -0.05) is 5.21 Å². The summed E-state index contributed by atoms with van der Waals surface area (Å²) in [4.78, 5) is 40.8. The summed E-state index contributed by atoms with van der Waals surface area (Å²) in [6.45, 7) is 3.21. The van der Waals surface area contributed by atoms with Crippen LogP contribution in [0.4, 0.5) is 10.9 Å². The van der Waals surface area contributed by atoms with Crippen LogP contribution in [0.1, 0.15) is 29.8 Å². The predicted molar refractivity (Wildman–Crippen MR) is 108 cm³/mol. The number of aryl methyl sites for hydroxylation is 2. The van der Waals surface area contributed by atoms with Gasteiger partial charge in [0.05, 0.1) is 18.2 Å². The molecule has 5 rings (SSSR count). The minimum atomic E-state index is -0.326. The Bertz CT molecular complexity index is 1140. The number of nitrogens with zero attached hydrogens (tertiary/aromatic N) is 7. The maximum atomic E-state index is 12.7. The summed E-state index contributed by atoms with van der Waals surface area (Å²) in [5, 5.41) is 11.5. The topological polar surface area (TPSA) is 128 Å². The van der Waals surface area contributed by atoms with Gasteiger partial charge in [-0.2, -0.15) is 0 Å². The molecular formula is C18H20N8O3S.